The van der Waals surface area contributed by atoms with Crippen LogP contribution in [0.5, 0.6) is 5.19 Å². The molecule has 1 atom stereocenters. The van der Waals surface area contributed by atoms with Gasteiger partial charge >= 0.3 is 0 Å². The van der Waals surface area contributed by atoms with Crippen molar-refractivity contribution in [1.82, 2.24) is 20.0 Å². The molecule has 1 aliphatic heterocycles. The van der Waals surface area contributed by atoms with Crippen molar-refractivity contribution in [1.29, 1.82) is 0 Å². The molecule has 3 heterocycles. The standard InChI is InChI=1S/C18H17FN4O3S/c1-25-18-20-9-14(27-18)15-21-16(26-22-15)12-3-2-8-23(10-12)17(24)11-4-6-13(19)7-5-11/h4-7,9,12H,2-3,8,10H2,1H3/t12-/m0/s1. The van der Waals surface area contributed by atoms with Crippen molar-refractivity contribution in [2.45, 2.75) is 18.8 Å². The van der Waals surface area contributed by atoms with Crippen LogP contribution in [-0.4, -0.2) is 46.1 Å². The van der Waals surface area contributed by atoms with Crippen LogP contribution in [0.1, 0.15) is 35.0 Å². The summed E-state index contributed by atoms with van der Waals surface area (Å²) in [6.07, 6.45) is 3.34. The normalized spacial score (nSPS) is 17.1. The second-order valence-electron chi connectivity index (χ2n) is 6.25. The van der Waals surface area contributed by atoms with Gasteiger partial charge < -0.3 is 14.2 Å². The largest absolute Gasteiger partial charge is 0.473 e. The average molecular weight is 388 g/mol. The Morgan fingerprint density at radius 3 is 2.93 bits per heavy atom. The average Bonchev–Trinajstić information content (AvgIpc) is 3.37. The Labute approximate surface area is 158 Å². The van der Waals surface area contributed by atoms with E-state index in [0.717, 1.165) is 17.7 Å². The number of hydrogen-bond donors (Lipinski definition) is 0. The van der Waals surface area contributed by atoms with Gasteiger partial charge in [0.25, 0.3) is 11.1 Å². The molecule has 3 aromatic rings. The van der Waals surface area contributed by atoms with Crippen molar-refractivity contribution in [3.05, 3.63) is 47.7 Å². The summed E-state index contributed by atoms with van der Waals surface area (Å²) >= 11 is 1.34. The van der Waals surface area contributed by atoms with Crippen LogP contribution < -0.4 is 4.74 Å². The zero-order chi connectivity index (χ0) is 18.8. The quantitative estimate of drug-likeness (QED) is 0.682. The maximum Gasteiger partial charge on any atom is 0.273 e. The third kappa shape index (κ3) is 3.68. The maximum absolute atomic E-state index is 13.1. The molecule has 140 valence electrons. The van der Waals surface area contributed by atoms with E-state index in [1.54, 1.807) is 18.2 Å². The zero-order valence-corrected chi connectivity index (χ0v) is 15.4. The number of methoxy groups -OCH3 is 1. The predicted octanol–water partition coefficient (Wildman–Crippen LogP) is 3.36. The number of carbonyl (C=O) groups excluding carboxylic acids is 1. The van der Waals surface area contributed by atoms with Crippen molar-refractivity contribution >= 4 is 17.2 Å². The van der Waals surface area contributed by atoms with Crippen LogP contribution in [-0.2, 0) is 0 Å². The van der Waals surface area contributed by atoms with E-state index in [1.165, 1.54) is 35.6 Å². The van der Waals surface area contributed by atoms with Crippen molar-refractivity contribution < 1.29 is 18.4 Å². The maximum atomic E-state index is 13.1. The summed E-state index contributed by atoms with van der Waals surface area (Å²) in [5.41, 5.74) is 0.472. The number of benzene rings is 1. The van der Waals surface area contributed by atoms with E-state index in [1.807, 2.05) is 0 Å². The number of ether oxygens (including phenoxy) is 1. The molecule has 0 unspecified atom stereocenters. The Morgan fingerprint density at radius 1 is 1.37 bits per heavy atom. The molecule has 1 saturated heterocycles. The molecule has 1 aromatic carbocycles. The van der Waals surface area contributed by atoms with Crippen LogP contribution in [0.2, 0.25) is 0 Å². The Kier molecular flexibility index (Phi) is 4.85. The van der Waals surface area contributed by atoms with Gasteiger partial charge in [-0.2, -0.15) is 4.98 Å². The van der Waals surface area contributed by atoms with Crippen LogP contribution in [0.25, 0.3) is 10.7 Å². The van der Waals surface area contributed by atoms with Gasteiger partial charge in [0.15, 0.2) is 0 Å². The first-order chi connectivity index (χ1) is 13.1. The molecule has 7 nitrogen and oxygen atoms in total. The van der Waals surface area contributed by atoms with E-state index in [0.29, 0.717) is 35.6 Å². The van der Waals surface area contributed by atoms with Crippen molar-refractivity contribution in [2.24, 2.45) is 0 Å². The second-order valence-corrected chi connectivity index (χ2v) is 7.24. The van der Waals surface area contributed by atoms with Crippen molar-refractivity contribution in [2.75, 3.05) is 20.2 Å². The lowest BCUT2D eigenvalue weighted by molar-refractivity contribution is 0.0695. The first kappa shape index (κ1) is 17.6. The fourth-order valence-corrected chi connectivity index (χ4v) is 3.75. The van der Waals surface area contributed by atoms with E-state index >= 15 is 0 Å². The highest BCUT2D eigenvalue weighted by Crippen LogP contribution is 2.31. The molecule has 1 amide bonds. The number of likely N-dealkylation sites (tertiary alicyclic amines) is 1. The molecule has 0 aliphatic carbocycles. The minimum Gasteiger partial charge on any atom is -0.473 e. The number of hydrogen-bond acceptors (Lipinski definition) is 7. The molecular formula is C18H17FN4O3S. The lowest BCUT2D eigenvalue weighted by Gasteiger charge is -2.31. The Morgan fingerprint density at radius 2 is 2.19 bits per heavy atom. The lowest BCUT2D eigenvalue weighted by Crippen LogP contribution is -2.39. The number of rotatable bonds is 4. The molecule has 1 aliphatic rings. The number of thiazole rings is 1. The smallest absolute Gasteiger partial charge is 0.273 e. The summed E-state index contributed by atoms with van der Waals surface area (Å²) in [5, 5.41) is 4.56. The highest BCUT2D eigenvalue weighted by molar-refractivity contribution is 7.16. The Bertz CT molecular complexity index is 940. The first-order valence-electron chi connectivity index (χ1n) is 8.52. The highest BCUT2D eigenvalue weighted by Gasteiger charge is 2.29. The minimum atomic E-state index is -0.360. The van der Waals surface area contributed by atoms with Gasteiger partial charge in [-0.25, -0.2) is 9.37 Å². The Hall–Kier alpha value is -2.81. The van der Waals surface area contributed by atoms with Gasteiger partial charge in [0, 0.05) is 18.7 Å². The van der Waals surface area contributed by atoms with Crippen LogP contribution in [0.3, 0.4) is 0 Å². The molecule has 0 spiro atoms. The Balaban J connectivity index is 1.48. The van der Waals surface area contributed by atoms with Gasteiger partial charge in [-0.15, -0.1) is 0 Å². The SMILES string of the molecule is COc1ncc(-c2noc([C@H]3CCCN(C(=O)c4ccc(F)cc4)C3)n2)s1. The third-order valence-electron chi connectivity index (χ3n) is 4.47. The molecular weight excluding hydrogens is 371 g/mol. The van der Waals surface area contributed by atoms with E-state index in [9.17, 15) is 9.18 Å². The molecule has 4 rings (SSSR count). The van der Waals surface area contributed by atoms with Gasteiger partial charge in [0.05, 0.1) is 24.1 Å². The number of amides is 1. The lowest BCUT2D eigenvalue weighted by atomic mass is 9.97. The van der Waals surface area contributed by atoms with E-state index in [-0.39, 0.29) is 17.6 Å². The molecule has 0 radical (unpaired) electrons. The number of halogens is 1. The van der Waals surface area contributed by atoms with Crippen LogP contribution >= 0.6 is 11.3 Å². The number of piperidine rings is 1. The fourth-order valence-electron chi connectivity index (χ4n) is 3.10. The van der Waals surface area contributed by atoms with Crippen LogP contribution in [0, 0.1) is 5.82 Å². The number of nitrogens with zero attached hydrogens (tertiary/aromatic N) is 4. The topological polar surface area (TPSA) is 81.4 Å². The van der Waals surface area contributed by atoms with Crippen molar-refractivity contribution in [3.8, 4) is 15.9 Å². The number of carbonyl (C=O) groups is 1. The predicted molar refractivity (Wildman–Crippen MR) is 96.2 cm³/mol. The summed E-state index contributed by atoms with van der Waals surface area (Å²) in [4.78, 5) is 23.8. The summed E-state index contributed by atoms with van der Waals surface area (Å²) in [5.74, 6) is 0.466. The van der Waals surface area contributed by atoms with E-state index < -0.39 is 0 Å². The molecule has 0 saturated carbocycles. The fraction of sp³-hybridized carbons (Fsp3) is 0.333. The molecule has 27 heavy (non-hydrogen) atoms. The first-order valence-corrected chi connectivity index (χ1v) is 9.34. The van der Waals surface area contributed by atoms with Gasteiger partial charge in [0.2, 0.25) is 11.7 Å². The molecule has 1 fully saturated rings. The van der Waals surface area contributed by atoms with Crippen LogP contribution in [0.4, 0.5) is 4.39 Å². The summed E-state index contributed by atoms with van der Waals surface area (Å²) in [6.45, 7) is 1.14. The molecule has 9 heteroatoms. The van der Waals surface area contributed by atoms with Gasteiger partial charge in [-0.3, -0.25) is 4.79 Å². The summed E-state index contributed by atoms with van der Waals surface area (Å²) in [7, 11) is 1.55. The summed E-state index contributed by atoms with van der Waals surface area (Å²) in [6, 6.07) is 5.59. The molecule has 0 N–H and O–H groups in total. The third-order valence-corrected chi connectivity index (χ3v) is 5.42. The minimum absolute atomic E-state index is 0.0285. The number of aromatic nitrogens is 3. The van der Waals surface area contributed by atoms with E-state index in [2.05, 4.69) is 15.1 Å². The van der Waals surface area contributed by atoms with Gasteiger partial charge in [0.1, 0.15) is 5.82 Å². The van der Waals surface area contributed by atoms with E-state index in [4.69, 9.17) is 9.26 Å². The summed E-state index contributed by atoms with van der Waals surface area (Å²) < 4.78 is 23.6. The second kappa shape index (κ2) is 7.43. The molecule has 0 bridgehead atoms. The highest BCUT2D eigenvalue weighted by atomic mass is 32.1. The van der Waals surface area contributed by atoms with Gasteiger partial charge in [-0.1, -0.05) is 16.5 Å². The van der Waals surface area contributed by atoms with Crippen LogP contribution in [0.15, 0.2) is 35.0 Å². The molecule has 2 aromatic heterocycles. The monoisotopic (exact) mass is 388 g/mol. The zero-order valence-electron chi connectivity index (χ0n) is 14.6. The van der Waals surface area contributed by atoms with Crippen molar-refractivity contribution in [3.63, 3.8) is 0 Å². The van der Waals surface area contributed by atoms with Gasteiger partial charge in [-0.05, 0) is 37.1 Å².